The number of morpholine rings is 1. The van der Waals surface area contributed by atoms with Crippen molar-refractivity contribution in [1.29, 1.82) is 0 Å². The summed E-state index contributed by atoms with van der Waals surface area (Å²) in [6.45, 7) is 3.34. The molecule has 5 nitrogen and oxygen atoms in total. The van der Waals surface area contributed by atoms with E-state index in [0.29, 0.717) is 15.9 Å². The van der Waals surface area contributed by atoms with Crippen LogP contribution in [0.1, 0.15) is 0 Å². The minimum Gasteiger partial charge on any atom is -0.378 e. The molecular weight excluding hydrogens is 363 g/mol. The summed E-state index contributed by atoms with van der Waals surface area (Å²) in [6, 6.07) is 16.6. The van der Waals surface area contributed by atoms with Gasteiger partial charge in [-0.05, 0) is 42.5 Å². The van der Waals surface area contributed by atoms with Crippen molar-refractivity contribution >= 4 is 29.1 Å². The van der Waals surface area contributed by atoms with Crippen LogP contribution in [0.4, 0.5) is 21.7 Å². The molecule has 1 aliphatic rings. The molecule has 7 heteroatoms. The number of rotatable bonds is 5. The van der Waals surface area contributed by atoms with E-state index < -0.39 is 0 Å². The Labute approximate surface area is 161 Å². The Bertz CT molecular complexity index is 900. The molecule has 138 valence electrons. The fourth-order valence-electron chi connectivity index (χ4n) is 2.81. The molecule has 0 bridgehead atoms. The van der Waals surface area contributed by atoms with Crippen LogP contribution >= 0.6 is 11.8 Å². The number of ether oxygens (including phenoxy) is 1. The van der Waals surface area contributed by atoms with Crippen LogP contribution in [0.2, 0.25) is 0 Å². The van der Waals surface area contributed by atoms with Crippen LogP contribution in [-0.4, -0.2) is 36.3 Å². The van der Waals surface area contributed by atoms with Gasteiger partial charge in [0.2, 0.25) is 5.95 Å². The first-order chi connectivity index (χ1) is 13.3. The van der Waals surface area contributed by atoms with Crippen LogP contribution in [0.15, 0.2) is 70.7 Å². The van der Waals surface area contributed by atoms with Gasteiger partial charge in [0, 0.05) is 35.6 Å². The van der Waals surface area contributed by atoms with E-state index in [4.69, 9.17) is 4.74 Å². The van der Waals surface area contributed by atoms with E-state index in [-0.39, 0.29) is 5.82 Å². The standard InChI is InChI=1S/C20H19FN4OS/c21-17-3-1-2-4-18(17)27-19-9-10-22-20(24-19)23-15-5-7-16(8-6-15)25-11-13-26-14-12-25/h1-10H,11-14H2,(H,22,23,24). The molecule has 1 N–H and O–H groups in total. The van der Waals surface area contributed by atoms with E-state index in [1.54, 1.807) is 24.4 Å². The molecule has 0 radical (unpaired) electrons. The Hall–Kier alpha value is -2.64. The Morgan fingerprint density at radius 3 is 2.56 bits per heavy atom. The van der Waals surface area contributed by atoms with Crippen LogP contribution in [0.25, 0.3) is 0 Å². The second kappa shape index (κ2) is 8.37. The van der Waals surface area contributed by atoms with Crippen molar-refractivity contribution in [2.75, 3.05) is 36.5 Å². The normalized spacial score (nSPS) is 14.2. The minimum absolute atomic E-state index is 0.255. The molecule has 2 aromatic carbocycles. The van der Waals surface area contributed by atoms with Crippen molar-refractivity contribution in [3.8, 4) is 0 Å². The summed E-state index contributed by atoms with van der Waals surface area (Å²) in [7, 11) is 0. The maximum Gasteiger partial charge on any atom is 0.228 e. The molecule has 1 saturated heterocycles. The summed E-state index contributed by atoms with van der Waals surface area (Å²) >= 11 is 1.28. The zero-order chi connectivity index (χ0) is 18.5. The summed E-state index contributed by atoms with van der Waals surface area (Å²) in [6.07, 6.45) is 1.67. The van der Waals surface area contributed by atoms with Gasteiger partial charge in [0.05, 0.1) is 13.2 Å². The highest BCUT2D eigenvalue weighted by Crippen LogP contribution is 2.29. The van der Waals surface area contributed by atoms with E-state index in [1.165, 1.54) is 23.5 Å². The zero-order valence-corrected chi connectivity index (χ0v) is 15.5. The summed E-state index contributed by atoms with van der Waals surface area (Å²) in [5, 5.41) is 3.89. The largest absolute Gasteiger partial charge is 0.378 e. The molecule has 0 saturated carbocycles. The summed E-state index contributed by atoms with van der Waals surface area (Å²) in [5.41, 5.74) is 2.08. The Balaban J connectivity index is 1.44. The van der Waals surface area contributed by atoms with Crippen LogP contribution in [0.3, 0.4) is 0 Å². The third-order valence-corrected chi connectivity index (χ3v) is 5.17. The van der Waals surface area contributed by atoms with Crippen molar-refractivity contribution in [3.05, 3.63) is 66.6 Å². The van der Waals surface area contributed by atoms with Gasteiger partial charge in [-0.3, -0.25) is 0 Å². The van der Waals surface area contributed by atoms with Gasteiger partial charge in [0.15, 0.2) is 0 Å². The molecule has 1 aromatic heterocycles. The minimum atomic E-state index is -0.255. The number of nitrogens with zero attached hydrogens (tertiary/aromatic N) is 3. The first-order valence-electron chi connectivity index (χ1n) is 8.73. The SMILES string of the molecule is Fc1ccccc1Sc1ccnc(Nc2ccc(N3CCOCC3)cc2)n1. The van der Waals surface area contributed by atoms with Gasteiger partial charge in [0.25, 0.3) is 0 Å². The van der Waals surface area contributed by atoms with Crippen molar-refractivity contribution in [2.24, 2.45) is 0 Å². The molecule has 1 aliphatic heterocycles. The summed E-state index contributed by atoms with van der Waals surface area (Å²) in [4.78, 5) is 11.6. The van der Waals surface area contributed by atoms with E-state index in [2.05, 4.69) is 32.3 Å². The van der Waals surface area contributed by atoms with Crippen LogP contribution < -0.4 is 10.2 Å². The number of anilines is 3. The second-order valence-electron chi connectivity index (χ2n) is 6.02. The second-order valence-corrected chi connectivity index (χ2v) is 7.08. The van der Waals surface area contributed by atoms with Crippen LogP contribution in [0.5, 0.6) is 0 Å². The summed E-state index contributed by atoms with van der Waals surface area (Å²) < 4.78 is 19.2. The Morgan fingerprint density at radius 1 is 1.00 bits per heavy atom. The third kappa shape index (κ3) is 4.56. The smallest absolute Gasteiger partial charge is 0.228 e. The molecule has 1 fully saturated rings. The van der Waals surface area contributed by atoms with Gasteiger partial charge in [-0.2, -0.15) is 0 Å². The lowest BCUT2D eigenvalue weighted by Crippen LogP contribution is -2.36. The van der Waals surface area contributed by atoms with Crippen LogP contribution in [0, 0.1) is 5.82 Å². The number of benzene rings is 2. The lowest BCUT2D eigenvalue weighted by Gasteiger charge is -2.28. The number of hydrogen-bond acceptors (Lipinski definition) is 6. The molecule has 3 aromatic rings. The van der Waals surface area contributed by atoms with E-state index >= 15 is 0 Å². The third-order valence-electron chi connectivity index (χ3n) is 4.18. The lowest BCUT2D eigenvalue weighted by atomic mass is 10.2. The van der Waals surface area contributed by atoms with Gasteiger partial charge in [-0.15, -0.1) is 0 Å². The number of aromatic nitrogens is 2. The maximum absolute atomic E-state index is 13.8. The highest BCUT2D eigenvalue weighted by Gasteiger charge is 2.11. The van der Waals surface area contributed by atoms with Gasteiger partial charge < -0.3 is 15.0 Å². The van der Waals surface area contributed by atoms with Crippen LogP contribution in [-0.2, 0) is 4.74 Å². The summed E-state index contributed by atoms with van der Waals surface area (Å²) in [5.74, 6) is 0.227. The Kier molecular flexibility index (Phi) is 5.50. The molecule has 0 aliphatic carbocycles. The van der Waals surface area contributed by atoms with Crippen molar-refractivity contribution in [2.45, 2.75) is 9.92 Å². The highest BCUT2D eigenvalue weighted by atomic mass is 32.2. The number of nitrogens with one attached hydrogen (secondary N) is 1. The fraction of sp³-hybridized carbons (Fsp3) is 0.200. The van der Waals surface area contributed by atoms with Gasteiger partial charge in [-0.25, -0.2) is 14.4 Å². The fourth-order valence-corrected chi connectivity index (χ4v) is 3.60. The van der Waals surface area contributed by atoms with E-state index in [9.17, 15) is 4.39 Å². The van der Waals surface area contributed by atoms with Gasteiger partial charge >= 0.3 is 0 Å². The highest BCUT2D eigenvalue weighted by molar-refractivity contribution is 7.99. The Morgan fingerprint density at radius 2 is 1.78 bits per heavy atom. The van der Waals surface area contributed by atoms with Gasteiger partial charge in [-0.1, -0.05) is 23.9 Å². The monoisotopic (exact) mass is 382 g/mol. The molecule has 0 spiro atoms. The molecule has 2 heterocycles. The molecule has 0 amide bonds. The number of halogens is 1. The molecule has 4 rings (SSSR count). The van der Waals surface area contributed by atoms with Gasteiger partial charge in [0.1, 0.15) is 10.8 Å². The quantitative estimate of drug-likeness (QED) is 0.662. The predicted octanol–water partition coefficient (Wildman–Crippen LogP) is 4.35. The molecular formula is C20H19FN4OS. The predicted molar refractivity (Wildman–Crippen MR) is 105 cm³/mol. The molecule has 27 heavy (non-hydrogen) atoms. The maximum atomic E-state index is 13.8. The van der Waals surface area contributed by atoms with Crippen molar-refractivity contribution < 1.29 is 9.13 Å². The average Bonchev–Trinajstić information content (AvgIpc) is 2.71. The average molecular weight is 382 g/mol. The lowest BCUT2D eigenvalue weighted by molar-refractivity contribution is 0.122. The van der Waals surface area contributed by atoms with Crippen molar-refractivity contribution in [1.82, 2.24) is 9.97 Å². The first kappa shape index (κ1) is 17.8. The van der Waals surface area contributed by atoms with E-state index in [1.807, 2.05) is 18.2 Å². The number of hydrogen-bond donors (Lipinski definition) is 1. The zero-order valence-electron chi connectivity index (χ0n) is 14.6. The molecule has 0 atom stereocenters. The molecule has 0 unspecified atom stereocenters. The van der Waals surface area contributed by atoms with Crippen molar-refractivity contribution in [3.63, 3.8) is 0 Å². The topological polar surface area (TPSA) is 50.3 Å². The van der Waals surface area contributed by atoms with E-state index in [0.717, 1.165) is 32.0 Å². The first-order valence-corrected chi connectivity index (χ1v) is 9.55.